The molecule has 0 atom stereocenters. The Morgan fingerprint density at radius 2 is 1.96 bits per heavy atom. The Labute approximate surface area is 149 Å². The molecular formula is C17H15FN4O3S. The average Bonchev–Trinajstić information content (AvgIpc) is 3.05. The molecule has 0 N–H and O–H groups in total. The van der Waals surface area contributed by atoms with Gasteiger partial charge >= 0.3 is 0 Å². The van der Waals surface area contributed by atoms with Crippen LogP contribution in [0.1, 0.15) is 17.4 Å². The van der Waals surface area contributed by atoms with E-state index in [1.807, 2.05) is 6.07 Å². The second-order valence-corrected chi connectivity index (χ2v) is 8.06. The second kappa shape index (κ2) is 6.58. The normalized spacial score (nSPS) is 15.7. The number of hydrogen-bond donors (Lipinski definition) is 0. The molecule has 26 heavy (non-hydrogen) atoms. The van der Waals surface area contributed by atoms with Crippen molar-refractivity contribution in [2.45, 2.75) is 11.7 Å². The van der Waals surface area contributed by atoms with Crippen LogP contribution in [0, 0.1) is 5.82 Å². The third-order valence-electron chi connectivity index (χ3n) is 4.21. The van der Waals surface area contributed by atoms with Crippen molar-refractivity contribution >= 4 is 10.0 Å². The number of nitrogens with zero attached hydrogens (tertiary/aromatic N) is 4. The van der Waals surface area contributed by atoms with Crippen molar-refractivity contribution < 1.29 is 17.3 Å². The Kier molecular flexibility index (Phi) is 4.25. The summed E-state index contributed by atoms with van der Waals surface area (Å²) in [6, 6.07) is 9.05. The van der Waals surface area contributed by atoms with Crippen molar-refractivity contribution in [3.05, 3.63) is 66.1 Å². The summed E-state index contributed by atoms with van der Waals surface area (Å²) in [7, 11) is -3.46. The number of halogens is 1. The van der Waals surface area contributed by atoms with Crippen LogP contribution in [0.2, 0.25) is 0 Å². The fraction of sp³-hybridized carbons (Fsp3) is 0.235. The predicted molar refractivity (Wildman–Crippen MR) is 90.9 cm³/mol. The Morgan fingerprint density at radius 1 is 1.19 bits per heavy atom. The Balaban J connectivity index is 1.40. The van der Waals surface area contributed by atoms with Gasteiger partial charge in [-0.3, -0.25) is 4.98 Å². The molecule has 1 aliphatic rings. The number of pyridine rings is 1. The first-order valence-corrected chi connectivity index (χ1v) is 9.58. The Bertz CT molecular complexity index is 1000. The largest absolute Gasteiger partial charge is 0.339 e. The smallest absolute Gasteiger partial charge is 0.232 e. The molecule has 0 saturated carbocycles. The molecule has 1 aromatic carbocycles. The van der Waals surface area contributed by atoms with E-state index in [2.05, 4.69) is 15.1 Å². The van der Waals surface area contributed by atoms with Gasteiger partial charge in [0, 0.05) is 31.0 Å². The third-order valence-corrected chi connectivity index (χ3v) is 6.00. The maximum atomic E-state index is 12.9. The molecule has 0 aliphatic carbocycles. The summed E-state index contributed by atoms with van der Waals surface area (Å²) < 4.78 is 44.4. The van der Waals surface area contributed by atoms with Crippen LogP contribution in [0.5, 0.6) is 0 Å². The molecule has 0 unspecified atom stereocenters. The molecule has 0 radical (unpaired) electrons. The van der Waals surface area contributed by atoms with Crippen molar-refractivity contribution in [2.75, 3.05) is 13.1 Å². The maximum Gasteiger partial charge on any atom is 0.232 e. The lowest BCUT2D eigenvalue weighted by molar-refractivity contribution is 0.216. The molecule has 7 nitrogen and oxygen atoms in total. The lowest BCUT2D eigenvalue weighted by Gasteiger charge is -2.35. The highest BCUT2D eigenvalue weighted by Gasteiger charge is 2.39. The summed E-state index contributed by atoms with van der Waals surface area (Å²) in [4.78, 5) is 8.34. The number of sulfonamides is 1. The van der Waals surface area contributed by atoms with Gasteiger partial charge in [0.25, 0.3) is 0 Å². The summed E-state index contributed by atoms with van der Waals surface area (Å²) in [5.41, 5.74) is 1.29. The fourth-order valence-electron chi connectivity index (χ4n) is 2.72. The first-order valence-electron chi connectivity index (χ1n) is 7.97. The Hall–Kier alpha value is -2.65. The van der Waals surface area contributed by atoms with E-state index in [4.69, 9.17) is 4.52 Å². The standard InChI is InChI=1S/C17H15FN4O3S/c18-15-5-3-12(4-6-15)11-26(23,24)22-9-14(10-22)17-20-16(21-25-17)13-2-1-7-19-8-13/h1-8,14H,9-11H2. The molecule has 134 valence electrons. The van der Waals surface area contributed by atoms with E-state index < -0.39 is 15.8 Å². The summed E-state index contributed by atoms with van der Waals surface area (Å²) in [6.45, 7) is 0.580. The lowest BCUT2D eigenvalue weighted by Crippen LogP contribution is -2.48. The molecule has 4 rings (SSSR count). The highest BCUT2D eigenvalue weighted by atomic mass is 32.2. The zero-order valence-electron chi connectivity index (χ0n) is 13.6. The maximum absolute atomic E-state index is 12.9. The third kappa shape index (κ3) is 3.35. The predicted octanol–water partition coefficient (Wildman–Crippen LogP) is 2.20. The molecule has 2 aromatic heterocycles. The van der Waals surface area contributed by atoms with Gasteiger partial charge < -0.3 is 4.52 Å². The van der Waals surface area contributed by atoms with Gasteiger partial charge in [0.2, 0.25) is 21.7 Å². The van der Waals surface area contributed by atoms with Gasteiger partial charge in [-0.1, -0.05) is 17.3 Å². The van der Waals surface area contributed by atoms with Gasteiger partial charge in [-0.05, 0) is 29.8 Å². The molecule has 0 spiro atoms. The van der Waals surface area contributed by atoms with E-state index in [9.17, 15) is 12.8 Å². The van der Waals surface area contributed by atoms with E-state index in [1.54, 1.807) is 18.5 Å². The highest BCUT2D eigenvalue weighted by molar-refractivity contribution is 7.88. The summed E-state index contributed by atoms with van der Waals surface area (Å²) in [6.07, 6.45) is 3.29. The molecule has 1 saturated heterocycles. The zero-order valence-corrected chi connectivity index (χ0v) is 14.4. The molecule has 3 heterocycles. The van der Waals surface area contributed by atoms with Gasteiger partial charge in [0.05, 0.1) is 11.7 Å². The van der Waals surface area contributed by atoms with Crippen LogP contribution in [-0.2, 0) is 15.8 Å². The number of aromatic nitrogens is 3. The van der Waals surface area contributed by atoms with Crippen LogP contribution in [0.25, 0.3) is 11.4 Å². The van der Waals surface area contributed by atoms with E-state index in [0.29, 0.717) is 17.3 Å². The van der Waals surface area contributed by atoms with Crippen LogP contribution < -0.4 is 0 Å². The SMILES string of the molecule is O=S(=O)(Cc1ccc(F)cc1)N1CC(c2nc(-c3cccnc3)no2)C1. The zero-order chi connectivity index (χ0) is 18.1. The number of hydrogen-bond acceptors (Lipinski definition) is 6. The van der Waals surface area contributed by atoms with Gasteiger partial charge in [-0.2, -0.15) is 9.29 Å². The van der Waals surface area contributed by atoms with Gasteiger partial charge in [0.1, 0.15) is 5.82 Å². The minimum absolute atomic E-state index is 0.129. The van der Waals surface area contributed by atoms with E-state index >= 15 is 0 Å². The first kappa shape index (κ1) is 16.8. The van der Waals surface area contributed by atoms with Crippen LogP contribution in [-0.4, -0.2) is 40.9 Å². The van der Waals surface area contributed by atoms with E-state index in [-0.39, 0.29) is 24.8 Å². The molecule has 0 bridgehead atoms. The van der Waals surface area contributed by atoms with Crippen molar-refractivity contribution in [1.82, 2.24) is 19.4 Å². The summed E-state index contributed by atoms with van der Waals surface area (Å²) >= 11 is 0. The molecule has 1 aliphatic heterocycles. The van der Waals surface area contributed by atoms with Gasteiger partial charge in [-0.25, -0.2) is 12.8 Å². The number of rotatable bonds is 5. The quantitative estimate of drug-likeness (QED) is 0.680. The second-order valence-electron chi connectivity index (χ2n) is 6.09. The van der Waals surface area contributed by atoms with Gasteiger partial charge in [0.15, 0.2) is 0 Å². The first-order chi connectivity index (χ1) is 12.5. The van der Waals surface area contributed by atoms with Crippen LogP contribution in [0.15, 0.2) is 53.3 Å². The van der Waals surface area contributed by atoms with Crippen LogP contribution >= 0.6 is 0 Å². The van der Waals surface area contributed by atoms with Crippen molar-refractivity contribution in [3.8, 4) is 11.4 Å². The van der Waals surface area contributed by atoms with Crippen LogP contribution in [0.3, 0.4) is 0 Å². The molecule has 1 fully saturated rings. The van der Waals surface area contributed by atoms with Crippen molar-refractivity contribution in [2.24, 2.45) is 0 Å². The monoisotopic (exact) mass is 374 g/mol. The summed E-state index contributed by atoms with van der Waals surface area (Å²) in [5, 5.41) is 3.92. The van der Waals surface area contributed by atoms with Crippen LogP contribution in [0.4, 0.5) is 4.39 Å². The van der Waals surface area contributed by atoms with Crippen molar-refractivity contribution in [1.29, 1.82) is 0 Å². The van der Waals surface area contributed by atoms with Crippen molar-refractivity contribution in [3.63, 3.8) is 0 Å². The Morgan fingerprint density at radius 3 is 2.65 bits per heavy atom. The topological polar surface area (TPSA) is 89.2 Å². The average molecular weight is 374 g/mol. The summed E-state index contributed by atoms with van der Waals surface area (Å²) in [5.74, 6) is 0.162. The van der Waals surface area contributed by atoms with Gasteiger partial charge in [-0.15, -0.1) is 0 Å². The molecule has 9 heteroatoms. The van der Waals surface area contributed by atoms with E-state index in [0.717, 1.165) is 5.56 Å². The molecule has 3 aromatic rings. The minimum Gasteiger partial charge on any atom is -0.339 e. The van der Waals surface area contributed by atoms with E-state index in [1.165, 1.54) is 28.6 Å². The molecular weight excluding hydrogens is 359 g/mol. The molecule has 0 amide bonds. The minimum atomic E-state index is -3.46. The lowest BCUT2D eigenvalue weighted by atomic mass is 10.0. The number of benzene rings is 1. The fourth-order valence-corrected chi connectivity index (χ4v) is 4.33. The highest BCUT2D eigenvalue weighted by Crippen LogP contribution is 2.30.